The van der Waals surface area contributed by atoms with Crippen LogP contribution >= 0.6 is 11.5 Å². The second-order valence-corrected chi connectivity index (χ2v) is 6.38. The molecule has 0 radical (unpaired) electrons. The zero-order valence-corrected chi connectivity index (χ0v) is 14.3. The summed E-state index contributed by atoms with van der Waals surface area (Å²) >= 11 is 1.35. The van der Waals surface area contributed by atoms with Crippen molar-refractivity contribution in [2.24, 2.45) is 0 Å². The molecular formula is C17H17N5O2S. The minimum absolute atomic E-state index is 0.0700. The van der Waals surface area contributed by atoms with Gasteiger partial charge >= 0.3 is 6.03 Å². The second-order valence-electron chi connectivity index (χ2n) is 5.65. The number of rotatable bonds is 3. The van der Waals surface area contributed by atoms with Gasteiger partial charge in [-0.05, 0) is 24.3 Å². The normalized spacial score (nSPS) is 14.6. The number of amides is 2. The summed E-state index contributed by atoms with van der Waals surface area (Å²) in [6.07, 6.45) is 1.61. The highest BCUT2D eigenvalue weighted by atomic mass is 32.1. The smallest absolute Gasteiger partial charge is 0.321 e. The number of para-hydroxylation sites is 1. The molecule has 1 aliphatic rings. The third-order valence-electron chi connectivity index (χ3n) is 4.02. The summed E-state index contributed by atoms with van der Waals surface area (Å²) in [7, 11) is 0. The van der Waals surface area contributed by atoms with E-state index in [-0.39, 0.29) is 6.03 Å². The molecule has 0 aliphatic carbocycles. The van der Waals surface area contributed by atoms with Gasteiger partial charge in [0.2, 0.25) is 11.0 Å². The van der Waals surface area contributed by atoms with Crippen molar-refractivity contribution >= 4 is 28.4 Å². The molecule has 0 bridgehead atoms. The van der Waals surface area contributed by atoms with Gasteiger partial charge in [0.15, 0.2) is 5.76 Å². The molecule has 4 rings (SSSR count). The van der Waals surface area contributed by atoms with Crippen LogP contribution in [0.2, 0.25) is 0 Å². The van der Waals surface area contributed by atoms with E-state index >= 15 is 0 Å². The summed E-state index contributed by atoms with van der Waals surface area (Å²) in [5.41, 5.74) is 0.808. The highest BCUT2D eigenvalue weighted by Crippen LogP contribution is 2.25. The molecule has 0 spiro atoms. The van der Waals surface area contributed by atoms with E-state index in [0.29, 0.717) is 24.7 Å². The van der Waals surface area contributed by atoms with Crippen LogP contribution in [0.3, 0.4) is 0 Å². The van der Waals surface area contributed by atoms with Gasteiger partial charge in [0.05, 0.1) is 6.26 Å². The highest BCUT2D eigenvalue weighted by Gasteiger charge is 2.23. The minimum Gasteiger partial charge on any atom is -0.461 e. The van der Waals surface area contributed by atoms with Gasteiger partial charge in [-0.15, -0.1) is 0 Å². The number of carbonyl (C=O) groups is 1. The van der Waals surface area contributed by atoms with Crippen LogP contribution in [0, 0.1) is 0 Å². The average molecular weight is 355 g/mol. The Morgan fingerprint density at radius 2 is 1.88 bits per heavy atom. The second kappa shape index (κ2) is 6.94. The number of benzene rings is 1. The van der Waals surface area contributed by atoms with Crippen LogP contribution in [0.1, 0.15) is 0 Å². The number of urea groups is 1. The van der Waals surface area contributed by atoms with E-state index in [0.717, 1.165) is 23.9 Å². The van der Waals surface area contributed by atoms with Crippen molar-refractivity contribution in [3.63, 3.8) is 0 Å². The van der Waals surface area contributed by atoms with E-state index in [1.165, 1.54) is 11.5 Å². The van der Waals surface area contributed by atoms with Gasteiger partial charge in [0.25, 0.3) is 0 Å². The molecule has 1 saturated heterocycles. The van der Waals surface area contributed by atoms with Crippen LogP contribution in [0.4, 0.5) is 15.6 Å². The molecule has 1 fully saturated rings. The van der Waals surface area contributed by atoms with Crippen LogP contribution in [-0.4, -0.2) is 46.5 Å². The summed E-state index contributed by atoms with van der Waals surface area (Å²) in [4.78, 5) is 20.8. The first-order chi connectivity index (χ1) is 12.3. The van der Waals surface area contributed by atoms with Crippen LogP contribution < -0.4 is 10.2 Å². The molecule has 3 aromatic rings. The Morgan fingerprint density at radius 1 is 1.08 bits per heavy atom. The van der Waals surface area contributed by atoms with Crippen molar-refractivity contribution in [3.05, 3.63) is 48.7 Å². The Bertz CT molecular complexity index is 826. The molecule has 0 saturated carbocycles. The molecule has 1 N–H and O–H groups in total. The van der Waals surface area contributed by atoms with E-state index in [2.05, 4.69) is 19.6 Å². The largest absolute Gasteiger partial charge is 0.461 e. The van der Waals surface area contributed by atoms with Crippen LogP contribution in [-0.2, 0) is 0 Å². The molecule has 0 unspecified atom stereocenters. The maximum atomic E-state index is 12.3. The van der Waals surface area contributed by atoms with Crippen molar-refractivity contribution in [1.82, 2.24) is 14.3 Å². The van der Waals surface area contributed by atoms with E-state index in [9.17, 15) is 4.79 Å². The van der Waals surface area contributed by atoms with Crippen molar-refractivity contribution < 1.29 is 9.21 Å². The fourth-order valence-corrected chi connectivity index (χ4v) is 3.40. The predicted molar refractivity (Wildman–Crippen MR) is 96.9 cm³/mol. The summed E-state index contributed by atoms with van der Waals surface area (Å²) in [6.45, 7) is 2.76. The van der Waals surface area contributed by atoms with Gasteiger partial charge in [-0.3, -0.25) is 0 Å². The van der Waals surface area contributed by atoms with Gasteiger partial charge in [0, 0.05) is 43.4 Å². The zero-order valence-electron chi connectivity index (χ0n) is 13.5. The first-order valence-electron chi connectivity index (χ1n) is 8.03. The van der Waals surface area contributed by atoms with E-state index in [4.69, 9.17) is 4.42 Å². The molecule has 25 heavy (non-hydrogen) atoms. The molecule has 7 nitrogen and oxygen atoms in total. The molecule has 1 aromatic carbocycles. The third-order valence-corrected chi connectivity index (χ3v) is 4.80. The highest BCUT2D eigenvalue weighted by molar-refractivity contribution is 7.09. The molecule has 2 amide bonds. The zero-order chi connectivity index (χ0) is 17.1. The van der Waals surface area contributed by atoms with Gasteiger partial charge in [-0.25, -0.2) is 4.79 Å². The SMILES string of the molecule is O=C(Nc1ccccc1)N1CCN(c2nc(-c3ccco3)ns2)CC1. The van der Waals surface area contributed by atoms with Crippen LogP contribution in [0.25, 0.3) is 11.6 Å². The summed E-state index contributed by atoms with van der Waals surface area (Å²) in [5.74, 6) is 1.28. The van der Waals surface area contributed by atoms with E-state index < -0.39 is 0 Å². The van der Waals surface area contributed by atoms with Gasteiger partial charge < -0.3 is 19.5 Å². The van der Waals surface area contributed by atoms with Crippen molar-refractivity contribution in [2.45, 2.75) is 0 Å². The Balaban J connectivity index is 1.34. The Labute approximate surface area is 149 Å². The van der Waals surface area contributed by atoms with E-state index in [1.807, 2.05) is 47.4 Å². The standard InChI is InChI=1S/C17H17N5O2S/c23-16(18-13-5-2-1-3-6-13)21-8-10-22(11-9-21)17-19-15(20-25-17)14-7-4-12-24-14/h1-7,12H,8-11H2,(H,18,23). The van der Waals surface area contributed by atoms with Crippen molar-refractivity contribution in [1.29, 1.82) is 0 Å². The minimum atomic E-state index is -0.0700. The lowest BCUT2D eigenvalue weighted by molar-refractivity contribution is 0.208. The topological polar surface area (TPSA) is 74.5 Å². The number of carbonyl (C=O) groups excluding carboxylic acids is 1. The van der Waals surface area contributed by atoms with Crippen molar-refractivity contribution in [3.8, 4) is 11.6 Å². The third kappa shape index (κ3) is 3.48. The van der Waals surface area contributed by atoms with Gasteiger partial charge in [0.1, 0.15) is 0 Å². The number of nitrogens with zero attached hydrogens (tertiary/aromatic N) is 4. The lowest BCUT2D eigenvalue weighted by Crippen LogP contribution is -2.50. The molecule has 0 atom stereocenters. The Hall–Kier alpha value is -2.87. The number of furan rings is 1. The average Bonchev–Trinajstić information content (AvgIpc) is 3.34. The van der Waals surface area contributed by atoms with Crippen LogP contribution in [0.5, 0.6) is 0 Å². The summed E-state index contributed by atoms with van der Waals surface area (Å²) < 4.78 is 9.67. The predicted octanol–water partition coefficient (Wildman–Crippen LogP) is 3.15. The maximum Gasteiger partial charge on any atom is 0.321 e. The first kappa shape index (κ1) is 15.6. The molecule has 3 heterocycles. The summed E-state index contributed by atoms with van der Waals surface area (Å²) in [5, 5.41) is 3.78. The maximum absolute atomic E-state index is 12.3. The van der Waals surface area contributed by atoms with Crippen molar-refractivity contribution in [2.75, 3.05) is 36.4 Å². The molecule has 128 valence electrons. The number of nitrogens with one attached hydrogen (secondary N) is 1. The van der Waals surface area contributed by atoms with Gasteiger partial charge in [-0.2, -0.15) is 9.36 Å². The lowest BCUT2D eigenvalue weighted by Gasteiger charge is -2.34. The number of anilines is 2. The number of aromatic nitrogens is 2. The fourth-order valence-electron chi connectivity index (χ4n) is 2.67. The first-order valence-corrected chi connectivity index (χ1v) is 8.80. The molecule has 1 aliphatic heterocycles. The lowest BCUT2D eigenvalue weighted by atomic mass is 10.3. The van der Waals surface area contributed by atoms with E-state index in [1.54, 1.807) is 6.26 Å². The Kier molecular flexibility index (Phi) is 4.34. The summed E-state index contributed by atoms with van der Waals surface area (Å²) in [6, 6.07) is 13.1. The molecule has 2 aromatic heterocycles. The number of hydrogen-bond donors (Lipinski definition) is 1. The quantitative estimate of drug-likeness (QED) is 0.781. The fraction of sp³-hybridized carbons (Fsp3) is 0.235. The molecular weight excluding hydrogens is 338 g/mol. The monoisotopic (exact) mass is 355 g/mol. The van der Waals surface area contributed by atoms with Crippen LogP contribution in [0.15, 0.2) is 53.1 Å². The number of hydrogen-bond acceptors (Lipinski definition) is 6. The molecule has 8 heteroatoms. The Morgan fingerprint density at radius 3 is 2.60 bits per heavy atom. The number of piperazine rings is 1. The van der Waals surface area contributed by atoms with Gasteiger partial charge in [-0.1, -0.05) is 18.2 Å².